The Kier molecular flexibility index (Phi) is 2.49. The van der Waals surface area contributed by atoms with E-state index in [0.717, 1.165) is 0 Å². The van der Waals surface area contributed by atoms with Gasteiger partial charge in [-0.3, -0.25) is 0 Å². The van der Waals surface area contributed by atoms with Crippen molar-refractivity contribution in [2.24, 2.45) is 0 Å². The third-order valence-corrected chi connectivity index (χ3v) is 2.51. The summed E-state index contributed by atoms with van der Waals surface area (Å²) in [4.78, 5) is 4.06. The summed E-state index contributed by atoms with van der Waals surface area (Å²) in [6.07, 6.45) is 1.60. The van der Waals surface area contributed by atoms with Crippen LogP contribution in [0.15, 0.2) is 59.3 Å². The van der Waals surface area contributed by atoms with Gasteiger partial charge in [0, 0.05) is 6.20 Å². The lowest BCUT2D eigenvalue weighted by atomic mass is 10.2. The fourth-order valence-electron chi connectivity index (χ4n) is 1.65. The van der Waals surface area contributed by atoms with Gasteiger partial charge in [-0.2, -0.15) is 4.73 Å². The molecule has 0 aliphatic carbocycles. The van der Waals surface area contributed by atoms with Crippen LogP contribution in [0.2, 0.25) is 0 Å². The molecule has 2 heterocycles. The third-order valence-electron chi connectivity index (χ3n) is 2.51. The van der Waals surface area contributed by atoms with Crippen LogP contribution in [0.1, 0.15) is 0 Å². The van der Waals surface area contributed by atoms with Crippen LogP contribution in [0.4, 0.5) is 0 Å². The van der Waals surface area contributed by atoms with Crippen molar-refractivity contribution in [3.05, 3.63) is 59.9 Å². The largest absolute Gasteiger partial charge is 0.708 e. The highest BCUT2D eigenvalue weighted by molar-refractivity contribution is 5.53. The molecular formula is C13H9N3O2. The van der Waals surface area contributed by atoms with Crippen molar-refractivity contribution in [2.45, 2.75) is 0 Å². The number of hydrogen-bond donors (Lipinski definition) is 0. The molecule has 0 atom stereocenters. The highest BCUT2D eigenvalue weighted by Crippen LogP contribution is 2.17. The first-order valence-corrected chi connectivity index (χ1v) is 5.42. The molecule has 0 bridgehead atoms. The Balaban J connectivity index is 2.09. The Hall–Kier alpha value is -2.69. The molecule has 0 saturated carbocycles. The lowest BCUT2D eigenvalue weighted by Gasteiger charge is -2.00. The van der Waals surface area contributed by atoms with Crippen molar-refractivity contribution in [1.82, 2.24) is 10.1 Å². The molecule has 5 heteroatoms. The molecule has 3 rings (SSSR count). The minimum absolute atomic E-state index is 0.0921. The van der Waals surface area contributed by atoms with Crippen molar-refractivity contribution < 1.29 is 9.25 Å². The predicted molar refractivity (Wildman–Crippen MR) is 64.1 cm³/mol. The standard InChI is InChI=1S/C13H9N3O2/c17-16-12(10-6-2-1-3-7-10)15-18-13(16)11-8-4-5-9-14-11/h1-9H. The normalized spacial score (nSPS) is 10.4. The minimum atomic E-state index is 0.0921. The van der Waals surface area contributed by atoms with E-state index in [9.17, 15) is 5.21 Å². The van der Waals surface area contributed by atoms with E-state index in [0.29, 0.717) is 16.0 Å². The predicted octanol–water partition coefficient (Wildman–Crippen LogP) is 2.04. The molecule has 88 valence electrons. The van der Waals surface area contributed by atoms with E-state index in [1.54, 1.807) is 36.5 Å². The highest BCUT2D eigenvalue weighted by Gasteiger charge is 2.22. The summed E-state index contributed by atoms with van der Waals surface area (Å²) in [6.45, 7) is 0. The van der Waals surface area contributed by atoms with Crippen molar-refractivity contribution in [1.29, 1.82) is 0 Å². The van der Waals surface area contributed by atoms with Gasteiger partial charge in [0.05, 0.1) is 5.56 Å². The highest BCUT2D eigenvalue weighted by atomic mass is 16.5. The van der Waals surface area contributed by atoms with E-state index in [1.165, 1.54) is 0 Å². The zero-order valence-electron chi connectivity index (χ0n) is 9.35. The van der Waals surface area contributed by atoms with Gasteiger partial charge in [0.2, 0.25) is 0 Å². The van der Waals surface area contributed by atoms with E-state index < -0.39 is 0 Å². The molecule has 2 aromatic heterocycles. The van der Waals surface area contributed by atoms with Crippen LogP contribution in [0.25, 0.3) is 23.0 Å². The maximum atomic E-state index is 12.1. The van der Waals surface area contributed by atoms with Crippen LogP contribution in [0.5, 0.6) is 0 Å². The van der Waals surface area contributed by atoms with Gasteiger partial charge in [-0.1, -0.05) is 24.3 Å². The number of benzene rings is 1. The van der Waals surface area contributed by atoms with Crippen molar-refractivity contribution in [3.8, 4) is 23.0 Å². The monoisotopic (exact) mass is 239 g/mol. The number of pyridine rings is 1. The van der Waals surface area contributed by atoms with Gasteiger partial charge < -0.3 is 5.21 Å². The Morgan fingerprint density at radius 2 is 1.78 bits per heavy atom. The second-order valence-electron chi connectivity index (χ2n) is 3.69. The van der Waals surface area contributed by atoms with Crippen molar-refractivity contribution in [3.63, 3.8) is 0 Å². The van der Waals surface area contributed by atoms with E-state index in [1.807, 2.05) is 18.2 Å². The van der Waals surface area contributed by atoms with Crippen LogP contribution in [-0.4, -0.2) is 10.1 Å². The second kappa shape index (κ2) is 4.29. The fraction of sp³-hybridized carbons (Fsp3) is 0. The SMILES string of the molecule is [O-][n+]1c(-c2ccccc2)noc1-c1ccccn1. The number of nitrogens with zero attached hydrogens (tertiary/aromatic N) is 3. The summed E-state index contributed by atoms with van der Waals surface area (Å²) in [6, 6.07) is 14.4. The molecule has 18 heavy (non-hydrogen) atoms. The maximum absolute atomic E-state index is 12.1. The second-order valence-corrected chi connectivity index (χ2v) is 3.69. The first-order valence-electron chi connectivity index (χ1n) is 5.42. The summed E-state index contributed by atoms with van der Waals surface area (Å²) >= 11 is 0. The summed E-state index contributed by atoms with van der Waals surface area (Å²) in [7, 11) is 0. The summed E-state index contributed by atoms with van der Waals surface area (Å²) in [5.74, 6) is 0.325. The number of rotatable bonds is 2. The number of aromatic nitrogens is 3. The molecule has 3 aromatic rings. The van der Waals surface area contributed by atoms with Gasteiger partial charge >= 0.3 is 11.7 Å². The summed E-state index contributed by atoms with van der Waals surface area (Å²) < 4.78 is 5.72. The van der Waals surface area contributed by atoms with Gasteiger partial charge in [0.25, 0.3) is 0 Å². The maximum Gasteiger partial charge on any atom is 0.383 e. The fourth-order valence-corrected chi connectivity index (χ4v) is 1.65. The van der Waals surface area contributed by atoms with Gasteiger partial charge in [0.1, 0.15) is 0 Å². The Morgan fingerprint density at radius 3 is 2.50 bits per heavy atom. The first kappa shape index (κ1) is 10.5. The molecule has 0 aliphatic heterocycles. The first-order chi connectivity index (χ1) is 8.86. The van der Waals surface area contributed by atoms with E-state index >= 15 is 0 Å². The molecule has 0 fully saturated rings. The van der Waals surface area contributed by atoms with E-state index in [4.69, 9.17) is 4.52 Å². The molecule has 0 amide bonds. The number of hydrogen-bond acceptors (Lipinski definition) is 4. The molecule has 0 unspecified atom stereocenters. The smallest absolute Gasteiger partial charge is 0.383 e. The quantitative estimate of drug-likeness (QED) is 0.507. The lowest BCUT2D eigenvalue weighted by molar-refractivity contribution is -0.585. The zero-order chi connectivity index (χ0) is 12.4. The Morgan fingerprint density at radius 1 is 1.00 bits per heavy atom. The van der Waals surface area contributed by atoms with Crippen LogP contribution in [-0.2, 0) is 0 Å². The molecular weight excluding hydrogens is 230 g/mol. The Labute approximate surface area is 103 Å². The van der Waals surface area contributed by atoms with Crippen LogP contribution in [0.3, 0.4) is 0 Å². The average molecular weight is 239 g/mol. The molecule has 0 N–H and O–H groups in total. The van der Waals surface area contributed by atoms with Crippen LogP contribution in [0, 0.1) is 5.21 Å². The summed E-state index contributed by atoms with van der Waals surface area (Å²) in [5, 5.41) is 15.9. The molecule has 0 aliphatic rings. The summed E-state index contributed by atoms with van der Waals surface area (Å²) in [5.41, 5.74) is 1.17. The van der Waals surface area contributed by atoms with E-state index in [-0.39, 0.29) is 11.7 Å². The Bertz CT molecular complexity index is 594. The topological polar surface area (TPSA) is 65.9 Å². The van der Waals surface area contributed by atoms with Crippen molar-refractivity contribution >= 4 is 0 Å². The van der Waals surface area contributed by atoms with Crippen molar-refractivity contribution in [2.75, 3.05) is 0 Å². The van der Waals surface area contributed by atoms with Crippen LogP contribution >= 0.6 is 0 Å². The zero-order valence-corrected chi connectivity index (χ0v) is 9.35. The lowest BCUT2D eigenvalue weighted by Crippen LogP contribution is -2.29. The van der Waals surface area contributed by atoms with E-state index in [2.05, 4.69) is 10.1 Å². The molecule has 0 saturated heterocycles. The third kappa shape index (κ3) is 1.71. The van der Waals surface area contributed by atoms with Crippen LogP contribution < -0.4 is 4.73 Å². The van der Waals surface area contributed by atoms with Gasteiger partial charge in [-0.05, 0) is 24.3 Å². The van der Waals surface area contributed by atoms with Gasteiger partial charge in [-0.15, -0.1) is 0 Å². The molecule has 0 spiro atoms. The molecule has 1 aromatic carbocycles. The average Bonchev–Trinajstić information content (AvgIpc) is 2.83. The minimum Gasteiger partial charge on any atom is -0.708 e. The molecule has 0 radical (unpaired) electrons. The molecule has 5 nitrogen and oxygen atoms in total. The van der Waals surface area contributed by atoms with Gasteiger partial charge in [0.15, 0.2) is 10.9 Å². The van der Waals surface area contributed by atoms with Gasteiger partial charge in [-0.25, -0.2) is 9.51 Å².